The second-order valence-electron chi connectivity index (χ2n) is 3.68. The van der Waals surface area contributed by atoms with Crippen LogP contribution in [0, 0.1) is 0 Å². The van der Waals surface area contributed by atoms with Gasteiger partial charge in [0.15, 0.2) is 0 Å². The van der Waals surface area contributed by atoms with Gasteiger partial charge in [0.25, 0.3) is 0 Å². The summed E-state index contributed by atoms with van der Waals surface area (Å²) < 4.78 is 2.12. The topological polar surface area (TPSA) is 34.9 Å². The van der Waals surface area contributed by atoms with Crippen LogP contribution in [0.25, 0.3) is 11.4 Å². The average Bonchev–Trinajstić information content (AvgIpc) is 2.78. The predicted octanol–water partition coefficient (Wildman–Crippen LogP) is 2.77. The van der Waals surface area contributed by atoms with E-state index in [1.54, 1.807) is 6.20 Å². The predicted molar refractivity (Wildman–Crippen MR) is 63.3 cm³/mol. The molecular weight excluding hydrogens is 200 g/mol. The lowest BCUT2D eigenvalue weighted by molar-refractivity contribution is 0.112. The first-order valence-corrected chi connectivity index (χ1v) is 5.42. The summed E-state index contributed by atoms with van der Waals surface area (Å²) in [4.78, 5) is 14.9. The van der Waals surface area contributed by atoms with Crippen LogP contribution in [0.4, 0.5) is 0 Å². The third-order valence-corrected chi connectivity index (χ3v) is 2.48. The normalized spacial score (nSPS) is 10.3. The summed E-state index contributed by atoms with van der Waals surface area (Å²) in [6.45, 7) is 3.10. The van der Waals surface area contributed by atoms with Crippen molar-refractivity contribution >= 4 is 6.29 Å². The molecule has 3 nitrogen and oxygen atoms in total. The maximum Gasteiger partial charge on any atom is 0.150 e. The van der Waals surface area contributed by atoms with Crippen LogP contribution in [0.1, 0.15) is 23.7 Å². The highest BCUT2D eigenvalue weighted by Crippen LogP contribution is 2.17. The van der Waals surface area contributed by atoms with Gasteiger partial charge in [0.2, 0.25) is 0 Å². The van der Waals surface area contributed by atoms with Gasteiger partial charge in [0.1, 0.15) is 12.1 Å². The van der Waals surface area contributed by atoms with E-state index in [0.29, 0.717) is 5.56 Å². The van der Waals surface area contributed by atoms with Gasteiger partial charge >= 0.3 is 0 Å². The van der Waals surface area contributed by atoms with Crippen LogP contribution in [0.5, 0.6) is 0 Å². The first-order valence-electron chi connectivity index (χ1n) is 5.42. The second-order valence-corrected chi connectivity index (χ2v) is 3.68. The minimum absolute atomic E-state index is 0.692. The van der Waals surface area contributed by atoms with Crippen molar-refractivity contribution < 1.29 is 4.79 Å². The van der Waals surface area contributed by atoms with E-state index in [9.17, 15) is 4.79 Å². The molecule has 0 spiro atoms. The first kappa shape index (κ1) is 10.6. The van der Waals surface area contributed by atoms with Crippen molar-refractivity contribution in [3.63, 3.8) is 0 Å². The zero-order valence-electron chi connectivity index (χ0n) is 9.26. The van der Waals surface area contributed by atoms with E-state index in [0.717, 1.165) is 30.6 Å². The Morgan fingerprint density at radius 1 is 1.31 bits per heavy atom. The highest BCUT2D eigenvalue weighted by Gasteiger charge is 2.04. The van der Waals surface area contributed by atoms with Gasteiger partial charge in [-0.3, -0.25) is 4.79 Å². The van der Waals surface area contributed by atoms with E-state index >= 15 is 0 Å². The van der Waals surface area contributed by atoms with Gasteiger partial charge in [-0.25, -0.2) is 4.98 Å². The zero-order valence-corrected chi connectivity index (χ0v) is 9.26. The molecule has 0 N–H and O–H groups in total. The number of aromatic nitrogens is 2. The maximum atomic E-state index is 10.6. The van der Waals surface area contributed by atoms with Crippen LogP contribution >= 0.6 is 0 Å². The fraction of sp³-hybridized carbons (Fsp3) is 0.231. The van der Waals surface area contributed by atoms with E-state index in [1.165, 1.54) is 0 Å². The maximum absolute atomic E-state index is 10.6. The van der Waals surface area contributed by atoms with Crippen LogP contribution in [0.2, 0.25) is 0 Å². The van der Waals surface area contributed by atoms with Crippen molar-refractivity contribution in [1.82, 2.24) is 9.55 Å². The summed E-state index contributed by atoms with van der Waals surface area (Å²) in [5.41, 5.74) is 1.74. The molecule has 3 heteroatoms. The van der Waals surface area contributed by atoms with E-state index in [4.69, 9.17) is 0 Å². The standard InChI is InChI=1S/C13H14N2O/c1-2-8-15-9-7-14-13(15)12-5-3-11(10-16)4-6-12/h3-7,9-10H,2,8H2,1H3. The Hall–Kier alpha value is -1.90. The molecule has 16 heavy (non-hydrogen) atoms. The summed E-state index contributed by atoms with van der Waals surface area (Å²) >= 11 is 0. The number of hydrogen-bond acceptors (Lipinski definition) is 2. The lowest BCUT2D eigenvalue weighted by Crippen LogP contribution is -1.98. The number of nitrogens with zero attached hydrogens (tertiary/aromatic N) is 2. The van der Waals surface area contributed by atoms with Crippen LogP contribution in [0.15, 0.2) is 36.7 Å². The molecule has 0 fully saturated rings. The van der Waals surface area contributed by atoms with E-state index in [-0.39, 0.29) is 0 Å². The molecule has 0 bridgehead atoms. The second kappa shape index (κ2) is 4.75. The molecule has 1 aromatic heterocycles. The van der Waals surface area contributed by atoms with Gasteiger partial charge in [0.05, 0.1) is 0 Å². The molecule has 1 aromatic carbocycles. The molecule has 0 aliphatic carbocycles. The number of carbonyl (C=O) groups is 1. The summed E-state index contributed by atoms with van der Waals surface area (Å²) in [5.74, 6) is 0.958. The Kier molecular flexibility index (Phi) is 3.15. The molecule has 0 aliphatic heterocycles. The van der Waals surface area contributed by atoms with Crippen molar-refractivity contribution in [3.05, 3.63) is 42.2 Å². The lowest BCUT2D eigenvalue weighted by atomic mass is 10.1. The van der Waals surface area contributed by atoms with Crippen LogP contribution < -0.4 is 0 Å². The minimum Gasteiger partial charge on any atom is -0.331 e. The van der Waals surface area contributed by atoms with Gasteiger partial charge in [0, 0.05) is 30.1 Å². The number of aldehydes is 1. The molecule has 82 valence electrons. The molecule has 0 radical (unpaired) electrons. The summed E-state index contributed by atoms with van der Waals surface area (Å²) in [5, 5.41) is 0. The largest absolute Gasteiger partial charge is 0.331 e. The van der Waals surface area contributed by atoms with E-state index in [2.05, 4.69) is 16.5 Å². The number of benzene rings is 1. The van der Waals surface area contributed by atoms with Crippen LogP contribution in [-0.2, 0) is 6.54 Å². The van der Waals surface area contributed by atoms with Gasteiger partial charge in [-0.05, 0) is 6.42 Å². The number of carbonyl (C=O) groups excluding carboxylic acids is 1. The Balaban J connectivity index is 2.34. The fourth-order valence-corrected chi connectivity index (χ4v) is 1.70. The number of rotatable bonds is 4. The monoisotopic (exact) mass is 214 g/mol. The zero-order chi connectivity index (χ0) is 11.4. The molecule has 0 saturated carbocycles. The Morgan fingerprint density at radius 3 is 2.69 bits per heavy atom. The molecule has 0 atom stereocenters. The molecular formula is C13H14N2O. The Bertz CT molecular complexity index is 471. The first-order chi connectivity index (χ1) is 7.85. The molecule has 1 heterocycles. The fourth-order valence-electron chi connectivity index (χ4n) is 1.70. The molecule has 0 aliphatic rings. The number of aryl methyl sites for hydroxylation is 1. The quantitative estimate of drug-likeness (QED) is 0.733. The highest BCUT2D eigenvalue weighted by atomic mass is 16.1. The molecule has 2 rings (SSSR count). The molecule has 0 amide bonds. The van der Waals surface area contributed by atoms with Crippen molar-refractivity contribution in [2.45, 2.75) is 19.9 Å². The van der Waals surface area contributed by atoms with Gasteiger partial charge in [-0.15, -0.1) is 0 Å². The summed E-state index contributed by atoms with van der Waals surface area (Å²) in [7, 11) is 0. The third kappa shape index (κ3) is 2.03. The van der Waals surface area contributed by atoms with Crippen molar-refractivity contribution in [3.8, 4) is 11.4 Å². The highest BCUT2D eigenvalue weighted by molar-refractivity contribution is 5.76. The van der Waals surface area contributed by atoms with Crippen molar-refractivity contribution in [2.24, 2.45) is 0 Å². The Labute approximate surface area is 94.7 Å². The van der Waals surface area contributed by atoms with Crippen LogP contribution in [-0.4, -0.2) is 15.8 Å². The Morgan fingerprint density at radius 2 is 2.06 bits per heavy atom. The van der Waals surface area contributed by atoms with Gasteiger partial charge in [-0.2, -0.15) is 0 Å². The molecule has 2 aromatic rings. The van der Waals surface area contributed by atoms with E-state index in [1.807, 2.05) is 30.5 Å². The van der Waals surface area contributed by atoms with Gasteiger partial charge in [-0.1, -0.05) is 31.2 Å². The lowest BCUT2D eigenvalue weighted by Gasteiger charge is -2.06. The van der Waals surface area contributed by atoms with E-state index < -0.39 is 0 Å². The van der Waals surface area contributed by atoms with Crippen molar-refractivity contribution in [2.75, 3.05) is 0 Å². The average molecular weight is 214 g/mol. The number of hydrogen-bond donors (Lipinski definition) is 0. The SMILES string of the molecule is CCCn1ccnc1-c1ccc(C=O)cc1. The van der Waals surface area contributed by atoms with Crippen LogP contribution in [0.3, 0.4) is 0 Å². The third-order valence-electron chi connectivity index (χ3n) is 2.48. The molecule has 0 unspecified atom stereocenters. The summed E-state index contributed by atoms with van der Waals surface area (Å²) in [6, 6.07) is 7.48. The minimum atomic E-state index is 0.692. The van der Waals surface area contributed by atoms with Crippen molar-refractivity contribution in [1.29, 1.82) is 0 Å². The number of imidazole rings is 1. The molecule has 0 saturated heterocycles. The smallest absolute Gasteiger partial charge is 0.150 e. The van der Waals surface area contributed by atoms with Gasteiger partial charge < -0.3 is 4.57 Å². The summed E-state index contributed by atoms with van der Waals surface area (Å²) in [6.07, 6.45) is 5.71.